The van der Waals surface area contributed by atoms with Crippen LogP contribution >= 0.6 is 23.2 Å². The number of hydrogen-bond donors (Lipinski definition) is 1. The molecule has 0 saturated heterocycles. The normalized spacial score (nSPS) is 11.6. The number of nitrogens with one attached hydrogen (secondary N) is 1. The van der Waals surface area contributed by atoms with E-state index in [9.17, 15) is 9.59 Å². The van der Waals surface area contributed by atoms with E-state index in [2.05, 4.69) is 5.32 Å². The molecule has 0 saturated carbocycles. The molecule has 3 aromatic carbocycles. The summed E-state index contributed by atoms with van der Waals surface area (Å²) in [6, 6.07) is 21.4. The van der Waals surface area contributed by atoms with Crippen LogP contribution in [0.1, 0.15) is 37.8 Å². The summed E-state index contributed by atoms with van der Waals surface area (Å²) in [5, 5.41) is 3.91. The Balaban J connectivity index is 1.81. The van der Waals surface area contributed by atoms with Crippen LogP contribution in [-0.4, -0.2) is 43.0 Å². The minimum absolute atomic E-state index is 0.114. The van der Waals surface area contributed by atoms with Gasteiger partial charge in [0.05, 0.1) is 13.7 Å². The van der Waals surface area contributed by atoms with Crippen LogP contribution < -0.4 is 14.8 Å². The fourth-order valence-electron chi connectivity index (χ4n) is 4.06. The Morgan fingerprint density at radius 3 is 2.15 bits per heavy atom. The first-order valence-electron chi connectivity index (χ1n) is 13.1. The molecule has 2 amide bonds. The highest BCUT2D eigenvalue weighted by Gasteiger charge is 2.31. The molecule has 0 aromatic heterocycles. The first kappa shape index (κ1) is 30.3. The van der Waals surface area contributed by atoms with Crippen molar-refractivity contribution in [1.82, 2.24) is 10.2 Å². The van der Waals surface area contributed by atoms with E-state index >= 15 is 0 Å². The molecule has 3 rings (SSSR count). The highest BCUT2D eigenvalue weighted by Crippen LogP contribution is 2.28. The van der Waals surface area contributed by atoms with Crippen LogP contribution in [0, 0.1) is 5.92 Å². The van der Waals surface area contributed by atoms with Gasteiger partial charge in [0.2, 0.25) is 11.8 Å². The topological polar surface area (TPSA) is 67.9 Å². The van der Waals surface area contributed by atoms with Gasteiger partial charge in [-0.2, -0.15) is 0 Å². The maximum absolute atomic E-state index is 13.7. The minimum atomic E-state index is -0.742. The van der Waals surface area contributed by atoms with Crippen molar-refractivity contribution in [2.24, 2.45) is 5.92 Å². The summed E-state index contributed by atoms with van der Waals surface area (Å²) in [5.74, 6) is 1.32. The zero-order valence-corrected chi connectivity index (χ0v) is 24.2. The van der Waals surface area contributed by atoms with Crippen molar-refractivity contribution in [3.8, 4) is 11.5 Å². The maximum atomic E-state index is 13.7. The molecule has 1 N–H and O–H groups in total. The second-order valence-electron chi connectivity index (χ2n) is 9.69. The van der Waals surface area contributed by atoms with Crippen molar-refractivity contribution < 1.29 is 19.1 Å². The van der Waals surface area contributed by atoms with Crippen LogP contribution in [0.3, 0.4) is 0 Å². The predicted molar refractivity (Wildman–Crippen MR) is 157 cm³/mol. The van der Waals surface area contributed by atoms with Gasteiger partial charge in [-0.1, -0.05) is 73.4 Å². The lowest BCUT2D eigenvalue weighted by Gasteiger charge is -2.32. The van der Waals surface area contributed by atoms with Gasteiger partial charge >= 0.3 is 0 Å². The van der Waals surface area contributed by atoms with E-state index in [-0.39, 0.29) is 30.7 Å². The van der Waals surface area contributed by atoms with E-state index in [1.165, 1.54) is 0 Å². The lowest BCUT2D eigenvalue weighted by atomic mass is 10.0. The lowest BCUT2D eigenvalue weighted by Crippen LogP contribution is -2.51. The van der Waals surface area contributed by atoms with E-state index in [4.69, 9.17) is 32.7 Å². The Labute approximate surface area is 241 Å². The summed E-state index contributed by atoms with van der Waals surface area (Å²) in [5.41, 5.74) is 1.56. The second-order valence-corrected chi connectivity index (χ2v) is 10.5. The first-order chi connectivity index (χ1) is 18.8. The number of hydrogen-bond acceptors (Lipinski definition) is 4. The molecule has 39 heavy (non-hydrogen) atoms. The van der Waals surface area contributed by atoms with Crippen molar-refractivity contribution in [3.05, 3.63) is 94.0 Å². The molecule has 0 heterocycles. The predicted octanol–water partition coefficient (Wildman–Crippen LogP) is 6.57. The van der Waals surface area contributed by atoms with E-state index in [0.717, 1.165) is 11.3 Å². The largest absolute Gasteiger partial charge is 0.497 e. The van der Waals surface area contributed by atoms with Crippen molar-refractivity contribution in [2.45, 2.75) is 45.7 Å². The third-order valence-corrected chi connectivity index (χ3v) is 6.92. The third-order valence-electron chi connectivity index (χ3n) is 6.21. The second kappa shape index (κ2) is 15.4. The molecular weight excluding hydrogens is 535 g/mol. The number of benzene rings is 3. The molecule has 0 radical (unpaired) electrons. The summed E-state index contributed by atoms with van der Waals surface area (Å²) in [6.45, 7) is 5.03. The van der Waals surface area contributed by atoms with Crippen LogP contribution in [-0.2, 0) is 22.6 Å². The van der Waals surface area contributed by atoms with Gasteiger partial charge in [0.25, 0.3) is 0 Å². The molecule has 0 aliphatic rings. The van der Waals surface area contributed by atoms with Crippen LogP contribution in [0.2, 0.25) is 10.0 Å². The third kappa shape index (κ3) is 9.48. The summed E-state index contributed by atoms with van der Waals surface area (Å²) in [7, 11) is 1.61. The van der Waals surface area contributed by atoms with Gasteiger partial charge in [-0.15, -0.1) is 0 Å². The van der Waals surface area contributed by atoms with Gasteiger partial charge in [0.15, 0.2) is 0 Å². The maximum Gasteiger partial charge on any atom is 0.243 e. The Kier molecular flexibility index (Phi) is 12.0. The summed E-state index contributed by atoms with van der Waals surface area (Å²) >= 11 is 13.0. The molecule has 1 atom stereocenters. The van der Waals surface area contributed by atoms with Gasteiger partial charge in [-0.3, -0.25) is 9.59 Å². The standard InChI is InChI=1S/C31H36Cl2N2O4/c1-22(2)20-34-31(37)29(19-23-9-5-4-6-10-23)35(21-26-27(32)11-7-12-28(26)33)30(36)13-8-18-39-25-16-14-24(38-3)15-17-25/h4-7,9-12,14-17,22,29H,8,13,18-21H2,1-3H3,(H,34,37)/t29-/m1/s1. The van der Waals surface area contributed by atoms with Crippen molar-refractivity contribution >= 4 is 35.0 Å². The number of nitrogens with zero attached hydrogens (tertiary/aromatic N) is 1. The fraction of sp³-hybridized carbons (Fsp3) is 0.355. The number of methoxy groups -OCH3 is 1. The summed E-state index contributed by atoms with van der Waals surface area (Å²) < 4.78 is 11.0. The van der Waals surface area contributed by atoms with Crippen LogP contribution in [0.15, 0.2) is 72.8 Å². The number of ether oxygens (including phenoxy) is 2. The van der Waals surface area contributed by atoms with Gasteiger partial charge in [0, 0.05) is 41.5 Å². The van der Waals surface area contributed by atoms with Crippen LogP contribution in [0.5, 0.6) is 11.5 Å². The molecular formula is C31H36Cl2N2O4. The van der Waals surface area contributed by atoms with E-state index < -0.39 is 6.04 Å². The van der Waals surface area contributed by atoms with Crippen molar-refractivity contribution in [3.63, 3.8) is 0 Å². The zero-order chi connectivity index (χ0) is 28.2. The number of carbonyl (C=O) groups is 2. The van der Waals surface area contributed by atoms with Crippen molar-refractivity contribution in [1.29, 1.82) is 0 Å². The Bertz CT molecular complexity index is 1180. The van der Waals surface area contributed by atoms with E-state index in [1.807, 2.05) is 68.4 Å². The molecule has 208 valence electrons. The molecule has 0 fully saturated rings. The average molecular weight is 572 g/mol. The molecule has 8 heteroatoms. The van der Waals surface area contributed by atoms with Gasteiger partial charge in [-0.25, -0.2) is 0 Å². The van der Waals surface area contributed by atoms with E-state index in [1.54, 1.807) is 30.2 Å². The van der Waals surface area contributed by atoms with Gasteiger partial charge < -0.3 is 19.7 Å². The SMILES string of the molecule is COc1ccc(OCCCC(=O)N(Cc2c(Cl)cccc2Cl)[C@H](Cc2ccccc2)C(=O)NCC(C)C)cc1. The smallest absolute Gasteiger partial charge is 0.243 e. The van der Waals surface area contributed by atoms with Crippen molar-refractivity contribution in [2.75, 3.05) is 20.3 Å². The molecule has 0 aliphatic carbocycles. The lowest BCUT2D eigenvalue weighted by molar-refractivity contribution is -0.141. The number of amides is 2. The van der Waals surface area contributed by atoms with Crippen LogP contribution in [0.4, 0.5) is 0 Å². The molecule has 0 bridgehead atoms. The minimum Gasteiger partial charge on any atom is -0.497 e. The zero-order valence-electron chi connectivity index (χ0n) is 22.7. The molecule has 0 spiro atoms. The van der Waals surface area contributed by atoms with Crippen LogP contribution in [0.25, 0.3) is 0 Å². The quantitative estimate of drug-likeness (QED) is 0.222. The Hall–Kier alpha value is -3.22. The number of halogens is 2. The number of carbonyl (C=O) groups excluding carboxylic acids is 2. The Morgan fingerprint density at radius 2 is 1.54 bits per heavy atom. The van der Waals surface area contributed by atoms with Gasteiger partial charge in [0.1, 0.15) is 17.5 Å². The monoisotopic (exact) mass is 570 g/mol. The van der Waals surface area contributed by atoms with E-state index in [0.29, 0.717) is 47.4 Å². The summed E-state index contributed by atoms with van der Waals surface area (Å²) in [6.07, 6.45) is 1.03. The highest BCUT2D eigenvalue weighted by atomic mass is 35.5. The van der Waals surface area contributed by atoms with Gasteiger partial charge in [-0.05, 0) is 54.3 Å². The molecule has 6 nitrogen and oxygen atoms in total. The first-order valence-corrected chi connectivity index (χ1v) is 13.8. The summed E-state index contributed by atoms with van der Waals surface area (Å²) in [4.78, 5) is 28.8. The molecule has 3 aromatic rings. The highest BCUT2D eigenvalue weighted by molar-refractivity contribution is 6.36. The molecule has 0 unspecified atom stereocenters. The average Bonchev–Trinajstić information content (AvgIpc) is 2.93. The number of rotatable bonds is 14. The Morgan fingerprint density at radius 1 is 0.897 bits per heavy atom. The fourth-order valence-corrected chi connectivity index (χ4v) is 4.58. The molecule has 0 aliphatic heterocycles.